The first-order chi connectivity index (χ1) is 7.19. The molecule has 1 aromatic heterocycles. The Kier molecular flexibility index (Phi) is 2.39. The van der Waals surface area contributed by atoms with Gasteiger partial charge < -0.3 is 4.42 Å². The van der Waals surface area contributed by atoms with Gasteiger partial charge in [-0.15, -0.1) is 0 Å². The monoisotopic (exact) mass is 205 g/mol. The molecular formula is C10H11N3O2. The molecule has 0 spiro atoms. The van der Waals surface area contributed by atoms with Crippen LogP contribution in [0.5, 0.6) is 0 Å². The van der Waals surface area contributed by atoms with Gasteiger partial charge in [0, 0.05) is 6.92 Å². The molecule has 3 N–H and O–H groups in total. The number of aryl methyl sites for hydroxylation is 1. The molecule has 78 valence electrons. The lowest BCUT2D eigenvalue weighted by molar-refractivity contribution is -0.120. The zero-order chi connectivity index (χ0) is 10.8. The molecule has 0 saturated carbocycles. The molecule has 0 saturated heterocycles. The maximum Gasteiger partial charge on any atom is 0.238 e. The predicted molar refractivity (Wildman–Crippen MR) is 54.8 cm³/mol. The van der Waals surface area contributed by atoms with Gasteiger partial charge in [-0.2, -0.15) is 0 Å². The van der Waals surface area contributed by atoms with Gasteiger partial charge in [0.2, 0.25) is 5.91 Å². The van der Waals surface area contributed by atoms with Crippen LogP contribution in [0.2, 0.25) is 0 Å². The molecular weight excluding hydrogens is 194 g/mol. The van der Waals surface area contributed by atoms with Gasteiger partial charge in [0.05, 0.1) is 6.42 Å². The van der Waals surface area contributed by atoms with Crippen molar-refractivity contribution in [1.29, 1.82) is 0 Å². The topological polar surface area (TPSA) is 81.2 Å². The Bertz CT molecular complexity index is 504. The molecule has 1 amide bonds. The van der Waals surface area contributed by atoms with Crippen LogP contribution >= 0.6 is 0 Å². The second-order valence-corrected chi connectivity index (χ2v) is 3.28. The van der Waals surface area contributed by atoms with Gasteiger partial charge in [0.25, 0.3) is 0 Å². The van der Waals surface area contributed by atoms with E-state index in [4.69, 9.17) is 10.3 Å². The summed E-state index contributed by atoms with van der Waals surface area (Å²) in [4.78, 5) is 15.2. The summed E-state index contributed by atoms with van der Waals surface area (Å²) >= 11 is 0. The van der Waals surface area contributed by atoms with Gasteiger partial charge in [-0.05, 0) is 17.7 Å². The summed E-state index contributed by atoms with van der Waals surface area (Å²) in [7, 11) is 0. The van der Waals surface area contributed by atoms with Crippen molar-refractivity contribution < 1.29 is 9.21 Å². The fourth-order valence-corrected chi connectivity index (χ4v) is 1.43. The van der Waals surface area contributed by atoms with Gasteiger partial charge in [0.1, 0.15) is 5.52 Å². The minimum atomic E-state index is -0.227. The number of nitrogens with two attached hydrogens (primary N) is 1. The van der Waals surface area contributed by atoms with E-state index in [1.165, 1.54) is 0 Å². The molecule has 0 aliphatic rings. The van der Waals surface area contributed by atoms with Crippen LogP contribution in [0.25, 0.3) is 11.1 Å². The normalized spacial score (nSPS) is 10.5. The highest BCUT2D eigenvalue weighted by molar-refractivity contribution is 5.80. The van der Waals surface area contributed by atoms with Gasteiger partial charge in [-0.1, -0.05) is 6.07 Å². The average molecular weight is 205 g/mol. The summed E-state index contributed by atoms with van der Waals surface area (Å²) in [5.74, 6) is 5.39. The van der Waals surface area contributed by atoms with Gasteiger partial charge in [0.15, 0.2) is 11.5 Å². The fourth-order valence-electron chi connectivity index (χ4n) is 1.43. The van der Waals surface area contributed by atoms with Crippen LogP contribution in [0.1, 0.15) is 11.5 Å². The Labute approximate surface area is 86.2 Å². The Morgan fingerprint density at radius 2 is 2.40 bits per heavy atom. The van der Waals surface area contributed by atoms with Crippen LogP contribution in [-0.4, -0.2) is 10.9 Å². The molecule has 1 heterocycles. The number of amides is 1. The lowest BCUT2D eigenvalue weighted by Crippen LogP contribution is -2.31. The van der Waals surface area contributed by atoms with E-state index in [0.717, 1.165) is 16.7 Å². The van der Waals surface area contributed by atoms with Crippen molar-refractivity contribution in [2.45, 2.75) is 13.3 Å². The van der Waals surface area contributed by atoms with E-state index in [9.17, 15) is 4.79 Å². The number of fused-ring (bicyclic) bond motifs is 1. The first-order valence-corrected chi connectivity index (χ1v) is 4.54. The van der Waals surface area contributed by atoms with Crippen LogP contribution < -0.4 is 11.3 Å². The maximum absolute atomic E-state index is 11.0. The molecule has 2 aromatic rings. The number of hydrazine groups is 1. The van der Waals surface area contributed by atoms with Crippen molar-refractivity contribution in [2.75, 3.05) is 0 Å². The van der Waals surface area contributed by atoms with Gasteiger partial charge in [-0.25, -0.2) is 10.8 Å². The van der Waals surface area contributed by atoms with Crippen LogP contribution in [0, 0.1) is 6.92 Å². The first-order valence-electron chi connectivity index (χ1n) is 4.54. The number of benzene rings is 1. The summed E-state index contributed by atoms with van der Waals surface area (Å²) in [6, 6.07) is 5.44. The zero-order valence-corrected chi connectivity index (χ0v) is 8.28. The molecule has 0 aliphatic carbocycles. The summed E-state index contributed by atoms with van der Waals surface area (Å²) < 4.78 is 5.32. The Morgan fingerprint density at radius 3 is 3.13 bits per heavy atom. The highest BCUT2D eigenvalue weighted by Gasteiger charge is 2.05. The number of hydrogen-bond donors (Lipinski definition) is 2. The van der Waals surface area contributed by atoms with Crippen LogP contribution in [0.15, 0.2) is 22.6 Å². The minimum absolute atomic E-state index is 0.227. The van der Waals surface area contributed by atoms with Crippen molar-refractivity contribution in [2.24, 2.45) is 5.84 Å². The van der Waals surface area contributed by atoms with Crippen molar-refractivity contribution in [3.8, 4) is 0 Å². The molecule has 5 nitrogen and oxygen atoms in total. The molecule has 15 heavy (non-hydrogen) atoms. The van der Waals surface area contributed by atoms with Gasteiger partial charge >= 0.3 is 0 Å². The number of carbonyl (C=O) groups excluding carboxylic acids is 1. The molecule has 5 heteroatoms. The SMILES string of the molecule is Cc1nc2cc(CC(=O)NN)ccc2o1. The van der Waals surface area contributed by atoms with Crippen LogP contribution in [0.3, 0.4) is 0 Å². The largest absolute Gasteiger partial charge is 0.441 e. The average Bonchev–Trinajstić information content (AvgIpc) is 2.57. The number of hydrogen-bond acceptors (Lipinski definition) is 4. The lowest BCUT2D eigenvalue weighted by Gasteiger charge is -1.98. The van der Waals surface area contributed by atoms with Crippen molar-refractivity contribution in [1.82, 2.24) is 10.4 Å². The zero-order valence-electron chi connectivity index (χ0n) is 8.28. The molecule has 0 unspecified atom stereocenters. The number of nitrogens with zero attached hydrogens (tertiary/aromatic N) is 1. The summed E-state index contributed by atoms with van der Waals surface area (Å²) in [6.45, 7) is 1.78. The third kappa shape index (κ3) is 1.97. The highest BCUT2D eigenvalue weighted by atomic mass is 16.3. The third-order valence-corrected chi connectivity index (χ3v) is 2.08. The molecule has 0 fully saturated rings. The van der Waals surface area contributed by atoms with E-state index in [1.54, 1.807) is 13.0 Å². The number of oxazole rings is 1. The minimum Gasteiger partial charge on any atom is -0.441 e. The number of carbonyl (C=O) groups is 1. The Hall–Kier alpha value is -1.88. The molecule has 2 rings (SSSR count). The van der Waals surface area contributed by atoms with E-state index in [0.29, 0.717) is 5.89 Å². The van der Waals surface area contributed by atoms with Crippen LogP contribution in [0.4, 0.5) is 0 Å². The van der Waals surface area contributed by atoms with Crippen molar-refractivity contribution in [3.63, 3.8) is 0 Å². The number of rotatable bonds is 2. The van der Waals surface area contributed by atoms with Gasteiger partial charge in [-0.3, -0.25) is 10.2 Å². The second kappa shape index (κ2) is 3.70. The smallest absolute Gasteiger partial charge is 0.238 e. The second-order valence-electron chi connectivity index (χ2n) is 3.28. The van der Waals surface area contributed by atoms with E-state index >= 15 is 0 Å². The predicted octanol–water partition coefficient (Wildman–Crippen LogP) is 0.669. The van der Waals surface area contributed by atoms with E-state index in [2.05, 4.69) is 10.4 Å². The standard InChI is InChI=1S/C10H11N3O2/c1-6-12-8-4-7(5-10(14)13-11)2-3-9(8)15-6/h2-4H,5,11H2,1H3,(H,13,14). The van der Waals surface area contributed by atoms with E-state index < -0.39 is 0 Å². The van der Waals surface area contributed by atoms with Crippen molar-refractivity contribution in [3.05, 3.63) is 29.7 Å². The number of nitrogens with one attached hydrogen (secondary N) is 1. The van der Waals surface area contributed by atoms with E-state index in [1.807, 2.05) is 12.1 Å². The van der Waals surface area contributed by atoms with Crippen molar-refractivity contribution >= 4 is 17.0 Å². The number of aromatic nitrogens is 1. The molecule has 0 radical (unpaired) electrons. The molecule has 0 bridgehead atoms. The van der Waals surface area contributed by atoms with E-state index in [-0.39, 0.29) is 12.3 Å². The Morgan fingerprint density at radius 1 is 1.60 bits per heavy atom. The first kappa shape index (κ1) is 9.67. The summed E-state index contributed by atoms with van der Waals surface area (Å²) in [5, 5.41) is 0. The summed E-state index contributed by atoms with van der Waals surface area (Å²) in [6.07, 6.45) is 0.248. The quantitative estimate of drug-likeness (QED) is 0.429. The highest BCUT2D eigenvalue weighted by Crippen LogP contribution is 2.16. The fraction of sp³-hybridized carbons (Fsp3) is 0.200. The lowest BCUT2D eigenvalue weighted by atomic mass is 10.1. The summed E-state index contributed by atoms with van der Waals surface area (Å²) in [5.41, 5.74) is 4.43. The van der Waals surface area contributed by atoms with Crippen LogP contribution in [-0.2, 0) is 11.2 Å². The third-order valence-electron chi connectivity index (χ3n) is 2.08. The maximum atomic E-state index is 11.0. The molecule has 1 aromatic carbocycles. The molecule has 0 aliphatic heterocycles. The Balaban J connectivity index is 2.33. The molecule has 0 atom stereocenters.